The molecule has 0 unspecified atom stereocenters. The van der Waals surface area contributed by atoms with Crippen LogP contribution in [0.25, 0.3) is 0 Å². The second kappa shape index (κ2) is 8.20. The molecule has 1 aromatic carbocycles. The van der Waals surface area contributed by atoms with E-state index in [4.69, 9.17) is 32.7 Å². The molecule has 112 valence electrons. The fourth-order valence-corrected chi connectivity index (χ4v) is 1.97. The van der Waals surface area contributed by atoms with Gasteiger partial charge in [-0.1, -0.05) is 29.3 Å². The Hall–Kier alpha value is -1.33. The molecule has 6 heteroatoms. The maximum atomic E-state index is 6.04. The summed E-state index contributed by atoms with van der Waals surface area (Å²) >= 11 is 12.0. The van der Waals surface area contributed by atoms with Crippen LogP contribution in [0.4, 0.5) is 0 Å². The topological polar surface area (TPSA) is 43.4 Å². The number of hydrogen-bond donors (Lipinski definition) is 1. The van der Waals surface area contributed by atoms with Gasteiger partial charge in [0.05, 0.1) is 11.6 Å². The van der Waals surface area contributed by atoms with Gasteiger partial charge in [-0.25, -0.2) is 4.98 Å². The van der Waals surface area contributed by atoms with Crippen molar-refractivity contribution in [3.05, 3.63) is 52.1 Å². The number of hydrogen-bond acceptors (Lipinski definition) is 4. The van der Waals surface area contributed by atoms with Crippen LogP contribution in [-0.4, -0.2) is 25.2 Å². The van der Waals surface area contributed by atoms with Crippen LogP contribution in [0.15, 0.2) is 36.5 Å². The quantitative estimate of drug-likeness (QED) is 0.783. The Morgan fingerprint density at radius 3 is 2.76 bits per heavy atom. The van der Waals surface area contributed by atoms with Gasteiger partial charge in [-0.05, 0) is 17.7 Å². The molecule has 0 amide bonds. The molecule has 21 heavy (non-hydrogen) atoms. The van der Waals surface area contributed by atoms with Gasteiger partial charge in [0, 0.05) is 43.6 Å². The van der Waals surface area contributed by atoms with E-state index in [1.165, 1.54) is 0 Å². The average Bonchev–Trinajstić information content (AvgIpc) is 2.49. The van der Waals surface area contributed by atoms with Crippen LogP contribution in [0.1, 0.15) is 5.56 Å². The first-order valence-electron chi connectivity index (χ1n) is 6.46. The van der Waals surface area contributed by atoms with Gasteiger partial charge >= 0.3 is 0 Å². The molecule has 4 nitrogen and oxygen atoms in total. The third-order valence-corrected chi connectivity index (χ3v) is 3.26. The first kappa shape index (κ1) is 16.0. The minimum Gasteiger partial charge on any atom is -0.437 e. The fraction of sp³-hybridized carbons (Fsp3) is 0.267. The molecule has 0 spiro atoms. The predicted octanol–water partition coefficient (Wildman–Crippen LogP) is 3.92. The SMILES string of the molecule is COCCNCc1ccc(Oc2cc(Cl)ccc2Cl)nc1. The second-order valence-electron chi connectivity index (χ2n) is 4.35. The lowest BCUT2D eigenvalue weighted by molar-refractivity contribution is 0.199. The van der Waals surface area contributed by atoms with Crippen LogP contribution in [0.2, 0.25) is 10.0 Å². The molecule has 0 aliphatic heterocycles. The van der Waals surface area contributed by atoms with E-state index in [-0.39, 0.29) is 0 Å². The van der Waals surface area contributed by atoms with Crippen LogP contribution in [0, 0.1) is 0 Å². The van der Waals surface area contributed by atoms with Gasteiger partial charge in [0.15, 0.2) is 0 Å². The first-order valence-corrected chi connectivity index (χ1v) is 7.22. The van der Waals surface area contributed by atoms with E-state index in [1.807, 2.05) is 6.07 Å². The molecular formula is C15H16Cl2N2O2. The lowest BCUT2D eigenvalue weighted by atomic mass is 10.3. The highest BCUT2D eigenvalue weighted by atomic mass is 35.5. The van der Waals surface area contributed by atoms with Gasteiger partial charge in [0.1, 0.15) is 5.75 Å². The highest BCUT2D eigenvalue weighted by molar-refractivity contribution is 6.34. The lowest BCUT2D eigenvalue weighted by Crippen LogP contribution is -2.18. The Kier molecular flexibility index (Phi) is 6.26. The van der Waals surface area contributed by atoms with Crippen LogP contribution < -0.4 is 10.1 Å². The Balaban J connectivity index is 1.94. The number of benzene rings is 1. The number of nitrogens with one attached hydrogen (secondary N) is 1. The van der Waals surface area contributed by atoms with E-state index in [1.54, 1.807) is 37.6 Å². The summed E-state index contributed by atoms with van der Waals surface area (Å²) in [5.41, 5.74) is 1.07. The van der Waals surface area contributed by atoms with Crippen molar-refractivity contribution in [1.29, 1.82) is 0 Å². The zero-order valence-corrected chi connectivity index (χ0v) is 13.1. The van der Waals surface area contributed by atoms with E-state index in [0.29, 0.717) is 28.3 Å². The Morgan fingerprint density at radius 2 is 2.05 bits per heavy atom. The molecule has 1 aromatic heterocycles. The van der Waals surface area contributed by atoms with Crippen LogP contribution in [0.5, 0.6) is 11.6 Å². The maximum absolute atomic E-state index is 6.04. The van der Waals surface area contributed by atoms with E-state index in [9.17, 15) is 0 Å². The summed E-state index contributed by atoms with van der Waals surface area (Å²) in [6.07, 6.45) is 1.76. The number of rotatable bonds is 7. The first-order chi connectivity index (χ1) is 10.2. The third-order valence-electron chi connectivity index (χ3n) is 2.72. The zero-order chi connectivity index (χ0) is 15.1. The third kappa shape index (κ3) is 5.17. The standard InChI is InChI=1S/C15H16Cl2N2O2/c1-20-7-6-18-9-11-2-5-15(19-10-11)21-14-8-12(16)3-4-13(14)17/h2-5,8,10,18H,6-7,9H2,1H3. The van der Waals surface area contributed by atoms with E-state index in [2.05, 4.69) is 10.3 Å². The fourth-order valence-electron chi connectivity index (χ4n) is 1.65. The summed E-state index contributed by atoms with van der Waals surface area (Å²) in [5, 5.41) is 4.30. The molecule has 2 rings (SSSR count). The van der Waals surface area contributed by atoms with Gasteiger partial charge in [-0.15, -0.1) is 0 Å². The second-order valence-corrected chi connectivity index (χ2v) is 5.19. The highest BCUT2D eigenvalue weighted by Crippen LogP contribution is 2.30. The highest BCUT2D eigenvalue weighted by Gasteiger charge is 2.05. The number of halogens is 2. The summed E-state index contributed by atoms with van der Waals surface area (Å²) in [6.45, 7) is 2.21. The Labute approximate surface area is 134 Å². The van der Waals surface area contributed by atoms with Crippen molar-refractivity contribution in [1.82, 2.24) is 10.3 Å². The Morgan fingerprint density at radius 1 is 1.19 bits per heavy atom. The summed E-state index contributed by atoms with van der Waals surface area (Å²) in [7, 11) is 1.68. The molecule has 0 fully saturated rings. The van der Waals surface area contributed by atoms with Crippen LogP contribution in [0.3, 0.4) is 0 Å². The predicted molar refractivity (Wildman–Crippen MR) is 84.4 cm³/mol. The summed E-state index contributed by atoms with van der Waals surface area (Å²) < 4.78 is 10.6. The average molecular weight is 327 g/mol. The van der Waals surface area contributed by atoms with Gasteiger partial charge in [0.25, 0.3) is 0 Å². The minimum atomic E-state index is 0.472. The Bertz CT molecular complexity index is 576. The summed E-state index contributed by atoms with van der Waals surface area (Å²) in [5.74, 6) is 0.961. The van der Waals surface area contributed by atoms with Crippen LogP contribution in [-0.2, 0) is 11.3 Å². The molecule has 0 bridgehead atoms. The van der Waals surface area contributed by atoms with Crippen molar-refractivity contribution >= 4 is 23.2 Å². The number of pyridine rings is 1. The van der Waals surface area contributed by atoms with Crippen molar-refractivity contribution in [3.63, 3.8) is 0 Å². The number of nitrogens with zero attached hydrogens (tertiary/aromatic N) is 1. The van der Waals surface area contributed by atoms with Gasteiger partial charge in [0.2, 0.25) is 5.88 Å². The monoisotopic (exact) mass is 326 g/mol. The van der Waals surface area contributed by atoms with Crippen molar-refractivity contribution in [3.8, 4) is 11.6 Å². The molecule has 0 saturated carbocycles. The van der Waals surface area contributed by atoms with Gasteiger partial charge < -0.3 is 14.8 Å². The van der Waals surface area contributed by atoms with Gasteiger partial charge in [-0.3, -0.25) is 0 Å². The molecule has 0 saturated heterocycles. The normalized spacial score (nSPS) is 10.6. The number of ether oxygens (including phenoxy) is 2. The lowest BCUT2D eigenvalue weighted by Gasteiger charge is -2.08. The van der Waals surface area contributed by atoms with E-state index in [0.717, 1.165) is 18.7 Å². The van der Waals surface area contributed by atoms with Gasteiger partial charge in [-0.2, -0.15) is 0 Å². The van der Waals surface area contributed by atoms with Crippen molar-refractivity contribution < 1.29 is 9.47 Å². The molecule has 0 aliphatic rings. The van der Waals surface area contributed by atoms with Crippen LogP contribution >= 0.6 is 23.2 Å². The number of aromatic nitrogens is 1. The van der Waals surface area contributed by atoms with Crippen molar-refractivity contribution in [2.24, 2.45) is 0 Å². The molecule has 2 aromatic rings. The maximum Gasteiger partial charge on any atom is 0.219 e. The van der Waals surface area contributed by atoms with E-state index < -0.39 is 0 Å². The summed E-state index contributed by atoms with van der Waals surface area (Å²) in [4.78, 5) is 4.25. The smallest absolute Gasteiger partial charge is 0.219 e. The van der Waals surface area contributed by atoms with Crippen molar-refractivity contribution in [2.45, 2.75) is 6.54 Å². The molecule has 0 atom stereocenters. The zero-order valence-electron chi connectivity index (χ0n) is 11.6. The summed E-state index contributed by atoms with van der Waals surface area (Å²) in [6, 6.07) is 8.79. The number of methoxy groups -OCH3 is 1. The van der Waals surface area contributed by atoms with Crippen molar-refractivity contribution in [2.75, 3.05) is 20.3 Å². The molecule has 1 heterocycles. The van der Waals surface area contributed by atoms with E-state index >= 15 is 0 Å². The minimum absolute atomic E-state index is 0.472. The molecular weight excluding hydrogens is 311 g/mol. The molecule has 0 radical (unpaired) electrons. The largest absolute Gasteiger partial charge is 0.437 e. The molecule has 0 aliphatic carbocycles. The molecule has 1 N–H and O–H groups in total.